The molecule has 1 saturated heterocycles. The number of rotatable bonds is 2. The number of hydrogen-bond acceptors (Lipinski definition) is 4. The highest BCUT2D eigenvalue weighted by atomic mass is 16.5. The Bertz CT molecular complexity index is 555. The molecule has 116 valence electrons. The monoisotopic (exact) mass is 295 g/mol. The third kappa shape index (κ3) is 3.10. The molecule has 0 aromatic carbocycles. The van der Waals surface area contributed by atoms with Gasteiger partial charge in [0.1, 0.15) is 11.5 Å². The highest BCUT2D eigenvalue weighted by Gasteiger charge is 2.35. The molecular formula is C15H21NO5. The summed E-state index contributed by atoms with van der Waals surface area (Å²) in [6.07, 6.45) is 0. The fourth-order valence-corrected chi connectivity index (χ4v) is 2.27. The van der Waals surface area contributed by atoms with E-state index in [2.05, 4.69) is 0 Å². The molecule has 21 heavy (non-hydrogen) atoms. The summed E-state index contributed by atoms with van der Waals surface area (Å²) < 4.78 is 10.8. The van der Waals surface area contributed by atoms with Gasteiger partial charge in [-0.2, -0.15) is 0 Å². The lowest BCUT2D eigenvalue weighted by atomic mass is 9.93. The Morgan fingerprint density at radius 1 is 1.38 bits per heavy atom. The largest absolute Gasteiger partial charge is 0.480 e. The summed E-state index contributed by atoms with van der Waals surface area (Å²) in [6, 6.07) is 0.769. The van der Waals surface area contributed by atoms with Crippen LogP contribution in [0.4, 0.5) is 0 Å². The number of aryl methyl sites for hydroxylation is 1. The van der Waals surface area contributed by atoms with Crippen LogP contribution in [0, 0.1) is 6.92 Å². The fourth-order valence-electron chi connectivity index (χ4n) is 2.27. The molecule has 0 saturated carbocycles. The molecule has 0 spiro atoms. The van der Waals surface area contributed by atoms with Crippen LogP contribution in [0.5, 0.6) is 0 Å². The van der Waals surface area contributed by atoms with Gasteiger partial charge in [-0.3, -0.25) is 4.79 Å². The van der Waals surface area contributed by atoms with Crippen molar-refractivity contribution in [3.63, 3.8) is 0 Å². The van der Waals surface area contributed by atoms with Gasteiger partial charge in [0.15, 0.2) is 6.04 Å². The highest BCUT2D eigenvalue weighted by molar-refractivity contribution is 5.97. The van der Waals surface area contributed by atoms with Crippen LogP contribution in [0.15, 0.2) is 10.5 Å². The molecule has 2 rings (SSSR count). The number of hydrogen-bond donors (Lipinski definition) is 1. The van der Waals surface area contributed by atoms with Crippen molar-refractivity contribution >= 4 is 11.9 Å². The van der Waals surface area contributed by atoms with E-state index in [1.54, 1.807) is 13.0 Å². The predicted octanol–water partition coefficient (Wildman–Crippen LogP) is 1.81. The minimum absolute atomic E-state index is 0.0180. The van der Waals surface area contributed by atoms with Crippen molar-refractivity contribution in [3.8, 4) is 0 Å². The standard InChI is InChI=1S/C15H21NO5/c1-9-10(7-12(21-9)15(2,3)4)13(17)16-5-6-20-8-11(16)14(18)19/h7,11H,5-6,8H2,1-4H3,(H,18,19). The summed E-state index contributed by atoms with van der Waals surface area (Å²) in [5.74, 6) is -0.147. The third-order valence-corrected chi connectivity index (χ3v) is 3.56. The maximum absolute atomic E-state index is 12.6. The number of aliphatic carboxylic acids is 1. The number of morpholine rings is 1. The quantitative estimate of drug-likeness (QED) is 0.900. The van der Waals surface area contributed by atoms with E-state index in [0.29, 0.717) is 23.7 Å². The number of carboxylic acids is 1. The topological polar surface area (TPSA) is 80.0 Å². The Hall–Kier alpha value is -1.82. The maximum atomic E-state index is 12.6. The Kier molecular flexibility index (Phi) is 4.09. The lowest BCUT2D eigenvalue weighted by molar-refractivity contribution is -0.147. The zero-order valence-corrected chi connectivity index (χ0v) is 12.8. The zero-order chi connectivity index (χ0) is 15.8. The van der Waals surface area contributed by atoms with Crippen LogP contribution < -0.4 is 0 Å². The highest BCUT2D eigenvalue weighted by Crippen LogP contribution is 2.28. The van der Waals surface area contributed by atoms with Gasteiger partial charge < -0.3 is 19.2 Å². The normalized spacial score (nSPS) is 19.6. The van der Waals surface area contributed by atoms with Crippen molar-refractivity contribution in [3.05, 3.63) is 23.2 Å². The van der Waals surface area contributed by atoms with Crippen LogP contribution in [0.2, 0.25) is 0 Å². The molecule has 6 heteroatoms. The Balaban J connectivity index is 2.31. The molecule has 6 nitrogen and oxygen atoms in total. The van der Waals surface area contributed by atoms with E-state index in [-0.39, 0.29) is 24.5 Å². The Morgan fingerprint density at radius 2 is 2.05 bits per heavy atom. The van der Waals surface area contributed by atoms with Gasteiger partial charge in [-0.15, -0.1) is 0 Å². The summed E-state index contributed by atoms with van der Waals surface area (Å²) in [4.78, 5) is 25.2. The number of ether oxygens (including phenoxy) is 1. The van der Waals surface area contributed by atoms with Gasteiger partial charge in [-0.1, -0.05) is 20.8 Å². The molecular weight excluding hydrogens is 274 g/mol. The van der Waals surface area contributed by atoms with E-state index in [9.17, 15) is 14.7 Å². The number of furan rings is 1. The first-order chi connectivity index (χ1) is 9.71. The number of carbonyl (C=O) groups is 2. The van der Waals surface area contributed by atoms with Crippen molar-refractivity contribution in [2.24, 2.45) is 0 Å². The second kappa shape index (κ2) is 5.52. The van der Waals surface area contributed by atoms with E-state index < -0.39 is 12.0 Å². The molecule has 1 unspecified atom stereocenters. The molecule has 1 aliphatic rings. The maximum Gasteiger partial charge on any atom is 0.328 e. The van der Waals surface area contributed by atoms with Crippen molar-refractivity contribution in [1.82, 2.24) is 4.90 Å². The molecule has 1 atom stereocenters. The Morgan fingerprint density at radius 3 is 2.57 bits per heavy atom. The van der Waals surface area contributed by atoms with Gasteiger partial charge >= 0.3 is 5.97 Å². The first kappa shape index (κ1) is 15.6. The van der Waals surface area contributed by atoms with Gasteiger partial charge in [0.05, 0.1) is 18.8 Å². The van der Waals surface area contributed by atoms with Gasteiger partial charge in [-0.25, -0.2) is 4.79 Å². The van der Waals surface area contributed by atoms with Crippen LogP contribution in [0.3, 0.4) is 0 Å². The molecule has 1 fully saturated rings. The van der Waals surface area contributed by atoms with E-state index in [1.807, 2.05) is 20.8 Å². The average molecular weight is 295 g/mol. The minimum atomic E-state index is -1.06. The summed E-state index contributed by atoms with van der Waals surface area (Å²) >= 11 is 0. The number of carboxylic acid groups (broad SMARTS) is 1. The van der Waals surface area contributed by atoms with E-state index >= 15 is 0 Å². The molecule has 1 aromatic rings. The number of nitrogens with zero attached hydrogens (tertiary/aromatic N) is 1. The number of carbonyl (C=O) groups excluding carboxylic acids is 1. The molecule has 2 heterocycles. The fraction of sp³-hybridized carbons (Fsp3) is 0.600. The van der Waals surface area contributed by atoms with Crippen molar-refractivity contribution < 1.29 is 23.8 Å². The summed E-state index contributed by atoms with van der Waals surface area (Å²) in [7, 11) is 0. The molecule has 1 amide bonds. The van der Waals surface area contributed by atoms with Crippen molar-refractivity contribution in [1.29, 1.82) is 0 Å². The van der Waals surface area contributed by atoms with Crippen LogP contribution in [-0.2, 0) is 14.9 Å². The smallest absolute Gasteiger partial charge is 0.328 e. The van der Waals surface area contributed by atoms with Crippen molar-refractivity contribution in [2.45, 2.75) is 39.2 Å². The molecule has 0 radical (unpaired) electrons. The summed E-state index contributed by atoms with van der Waals surface area (Å²) in [5, 5.41) is 9.21. The first-order valence-electron chi connectivity index (χ1n) is 6.94. The summed E-state index contributed by atoms with van der Waals surface area (Å²) in [5.41, 5.74) is 0.216. The second-order valence-corrected chi connectivity index (χ2v) is 6.26. The van der Waals surface area contributed by atoms with Crippen LogP contribution >= 0.6 is 0 Å². The SMILES string of the molecule is Cc1oc(C(C)(C)C)cc1C(=O)N1CCOCC1C(=O)O. The minimum Gasteiger partial charge on any atom is -0.480 e. The summed E-state index contributed by atoms with van der Waals surface area (Å²) in [6.45, 7) is 8.34. The Labute approximate surface area is 123 Å². The van der Waals surface area contributed by atoms with E-state index in [1.165, 1.54) is 4.90 Å². The lowest BCUT2D eigenvalue weighted by Crippen LogP contribution is -2.52. The van der Waals surface area contributed by atoms with Gasteiger partial charge in [0.25, 0.3) is 5.91 Å². The second-order valence-electron chi connectivity index (χ2n) is 6.26. The lowest BCUT2D eigenvalue weighted by Gasteiger charge is -2.32. The van der Waals surface area contributed by atoms with Crippen LogP contribution in [-0.4, -0.2) is 47.7 Å². The predicted molar refractivity (Wildman–Crippen MR) is 75.4 cm³/mol. The van der Waals surface area contributed by atoms with Gasteiger partial charge in [0.2, 0.25) is 0 Å². The van der Waals surface area contributed by atoms with E-state index in [0.717, 1.165) is 0 Å². The molecule has 1 aliphatic heterocycles. The first-order valence-corrected chi connectivity index (χ1v) is 6.94. The molecule has 1 N–H and O–H groups in total. The van der Waals surface area contributed by atoms with Crippen LogP contribution in [0.1, 0.15) is 42.6 Å². The van der Waals surface area contributed by atoms with Crippen molar-refractivity contribution in [2.75, 3.05) is 19.8 Å². The molecule has 0 aliphatic carbocycles. The van der Waals surface area contributed by atoms with Crippen LogP contribution in [0.25, 0.3) is 0 Å². The van der Waals surface area contributed by atoms with E-state index in [4.69, 9.17) is 9.15 Å². The average Bonchev–Trinajstić information content (AvgIpc) is 2.80. The van der Waals surface area contributed by atoms with Gasteiger partial charge in [0, 0.05) is 12.0 Å². The van der Waals surface area contributed by atoms with Gasteiger partial charge in [-0.05, 0) is 13.0 Å². The zero-order valence-electron chi connectivity index (χ0n) is 12.8. The number of amides is 1. The third-order valence-electron chi connectivity index (χ3n) is 3.56. The molecule has 0 bridgehead atoms. The molecule has 1 aromatic heterocycles.